The predicted molar refractivity (Wildman–Crippen MR) is 244 cm³/mol. The van der Waals surface area contributed by atoms with Crippen molar-refractivity contribution in [2.24, 2.45) is 45.3 Å². The molecule has 68 heavy (non-hydrogen) atoms. The minimum Gasteiger partial charge on any atom is -0.392 e. The van der Waals surface area contributed by atoms with Gasteiger partial charge in [-0.3, -0.25) is 48.6 Å². The van der Waals surface area contributed by atoms with E-state index in [1.165, 1.54) is 6.07 Å². The fraction of sp³-hybridized carbons (Fsp3) is 0.640. The number of hydrogen-bond acceptors (Lipinski definition) is 14. The van der Waals surface area contributed by atoms with Gasteiger partial charge in [-0.25, -0.2) is 4.68 Å². The lowest BCUT2D eigenvalue weighted by molar-refractivity contribution is -0.146. The third-order valence-corrected chi connectivity index (χ3v) is 17.1. The van der Waals surface area contributed by atoms with Crippen LogP contribution in [0.15, 0.2) is 35.5 Å². The lowest BCUT2D eigenvalue weighted by Gasteiger charge is -2.61. The summed E-state index contributed by atoms with van der Waals surface area (Å²) in [5.41, 5.74) is -0.376. The van der Waals surface area contributed by atoms with Gasteiger partial charge in [-0.1, -0.05) is 59.7 Å². The van der Waals surface area contributed by atoms with Gasteiger partial charge in [-0.2, -0.15) is 0 Å². The summed E-state index contributed by atoms with van der Waals surface area (Å²) in [5, 5.41) is 40.2. The summed E-state index contributed by atoms with van der Waals surface area (Å²) >= 11 is 0. The Hall–Kier alpha value is -5.46. The van der Waals surface area contributed by atoms with Crippen molar-refractivity contribution in [2.75, 3.05) is 25.1 Å². The van der Waals surface area contributed by atoms with Crippen LogP contribution in [0.2, 0.25) is 0 Å². The van der Waals surface area contributed by atoms with Gasteiger partial charge in [0, 0.05) is 72.1 Å². The summed E-state index contributed by atoms with van der Waals surface area (Å²) in [7, 11) is 0. The zero-order valence-electron chi connectivity index (χ0n) is 40.1. The number of benzene rings is 1. The van der Waals surface area contributed by atoms with Gasteiger partial charge in [0.05, 0.1) is 55.8 Å². The van der Waals surface area contributed by atoms with Gasteiger partial charge in [0.1, 0.15) is 23.3 Å². The first-order valence-corrected chi connectivity index (χ1v) is 24.1. The van der Waals surface area contributed by atoms with Gasteiger partial charge in [0.2, 0.25) is 17.7 Å². The van der Waals surface area contributed by atoms with Gasteiger partial charge in [-0.05, 0) is 66.6 Å². The van der Waals surface area contributed by atoms with E-state index in [2.05, 4.69) is 33.2 Å². The number of piperidine rings is 1. The first kappa shape index (κ1) is 49.0. The van der Waals surface area contributed by atoms with Crippen LogP contribution in [0.4, 0.5) is 5.69 Å². The summed E-state index contributed by atoms with van der Waals surface area (Å²) in [5.74, 6) is -3.82. The Balaban J connectivity index is 0.781. The number of carbonyl (C=O) groups excluding carboxylic acids is 8. The molecule has 0 spiro atoms. The van der Waals surface area contributed by atoms with E-state index in [4.69, 9.17) is 4.74 Å². The van der Waals surface area contributed by atoms with Crippen LogP contribution >= 0.6 is 0 Å². The molecule has 18 heteroatoms. The third kappa shape index (κ3) is 8.12. The molecule has 4 aliphatic carbocycles. The van der Waals surface area contributed by atoms with Gasteiger partial charge < -0.3 is 25.6 Å². The SMILES string of the molecule is C[C@H](CC(=O)C[C@@H](C)[C@H]1C[C@H](O)[C@@]2(C)C3=C(C(=O)C[C@]12C)[C@@]1(C)CCC(=O)C(C)(C)[C@@H]1C[C@@H]3O)C(=O)NCc1cn(CCOCCNc2cccc3c2C(=O)N(C2CCC(=O)NC2=O)C3=O)nn1. The molecule has 5 N–H and O–H groups in total. The number of aliphatic hydroxyl groups excluding tert-OH is 2. The number of nitrogens with one attached hydrogen (secondary N) is 3. The van der Waals surface area contributed by atoms with Crippen LogP contribution in [0.25, 0.3) is 0 Å². The lowest BCUT2D eigenvalue weighted by atomic mass is 9.42. The van der Waals surface area contributed by atoms with Crippen molar-refractivity contribution in [1.29, 1.82) is 0 Å². The van der Waals surface area contributed by atoms with Crippen molar-refractivity contribution in [2.45, 2.75) is 138 Å². The Morgan fingerprint density at radius 1 is 0.971 bits per heavy atom. The average molecular weight is 940 g/mol. The van der Waals surface area contributed by atoms with Crippen LogP contribution in [0.5, 0.6) is 0 Å². The molecule has 1 unspecified atom stereocenters. The molecule has 8 rings (SSSR count). The number of hydrogen-bond donors (Lipinski definition) is 5. The van der Waals surface area contributed by atoms with Crippen LogP contribution < -0.4 is 16.0 Å². The first-order valence-electron chi connectivity index (χ1n) is 24.1. The maximum absolute atomic E-state index is 14.4. The second kappa shape index (κ2) is 18.1. The molecule has 2 saturated carbocycles. The molecule has 2 aliphatic heterocycles. The smallest absolute Gasteiger partial charge is 0.264 e. The number of fused-ring (bicyclic) bond motifs is 5. The summed E-state index contributed by atoms with van der Waals surface area (Å²) < 4.78 is 7.33. The summed E-state index contributed by atoms with van der Waals surface area (Å²) in [6.07, 6.45) is 1.97. The molecule has 0 bridgehead atoms. The number of ketones is 3. The van der Waals surface area contributed by atoms with E-state index in [1.807, 2.05) is 34.6 Å². The second-order valence-corrected chi connectivity index (χ2v) is 21.5. The van der Waals surface area contributed by atoms with Gasteiger partial charge in [0.15, 0.2) is 5.78 Å². The molecule has 366 valence electrons. The fourth-order valence-corrected chi connectivity index (χ4v) is 13.3. The third-order valence-electron chi connectivity index (χ3n) is 17.1. The zero-order valence-corrected chi connectivity index (χ0v) is 40.1. The minimum absolute atomic E-state index is 0.0154. The van der Waals surface area contributed by atoms with E-state index >= 15 is 0 Å². The number of anilines is 1. The molecule has 3 fully saturated rings. The quantitative estimate of drug-likeness (QED) is 0.119. The van der Waals surface area contributed by atoms with E-state index in [0.717, 1.165) is 4.90 Å². The van der Waals surface area contributed by atoms with Crippen LogP contribution in [0, 0.1) is 45.3 Å². The Morgan fingerprint density at radius 3 is 2.46 bits per heavy atom. The van der Waals surface area contributed by atoms with E-state index in [0.29, 0.717) is 61.3 Å². The number of carbonyl (C=O) groups is 8. The van der Waals surface area contributed by atoms with Crippen molar-refractivity contribution in [3.63, 3.8) is 0 Å². The van der Waals surface area contributed by atoms with Crippen LogP contribution in [-0.4, -0.2) is 115 Å². The number of Topliss-reactive ketones (excluding diaryl/α,β-unsaturated/α-hetero) is 3. The number of ether oxygens (including phenoxy) is 1. The maximum atomic E-state index is 14.4. The molecule has 3 heterocycles. The normalized spacial score (nSPS) is 31.7. The monoisotopic (exact) mass is 939 g/mol. The molecule has 6 aliphatic rings. The molecule has 10 atom stereocenters. The van der Waals surface area contributed by atoms with Crippen molar-refractivity contribution in [1.82, 2.24) is 30.5 Å². The highest BCUT2D eigenvalue weighted by Crippen LogP contribution is 2.71. The number of amides is 5. The van der Waals surface area contributed by atoms with E-state index in [1.54, 1.807) is 29.9 Å². The Morgan fingerprint density at radius 2 is 1.72 bits per heavy atom. The molecule has 1 aromatic carbocycles. The lowest BCUT2D eigenvalue weighted by Crippen LogP contribution is -2.60. The number of nitrogens with zero attached hydrogens (tertiary/aromatic N) is 4. The molecule has 1 saturated heterocycles. The molecule has 5 amide bonds. The topological polar surface area (TPSA) is 256 Å². The number of aliphatic hydroxyl groups is 2. The second-order valence-electron chi connectivity index (χ2n) is 21.5. The Labute approximate surface area is 395 Å². The highest BCUT2D eigenvalue weighted by molar-refractivity contribution is 6.25. The highest BCUT2D eigenvalue weighted by atomic mass is 16.5. The van der Waals surface area contributed by atoms with Gasteiger partial charge in [-0.15, -0.1) is 5.10 Å². The van der Waals surface area contributed by atoms with Crippen molar-refractivity contribution in [3.8, 4) is 0 Å². The summed E-state index contributed by atoms with van der Waals surface area (Å²) in [6.45, 7) is 14.9. The van der Waals surface area contributed by atoms with Crippen molar-refractivity contribution in [3.05, 3.63) is 52.4 Å². The van der Waals surface area contributed by atoms with Crippen LogP contribution in [0.3, 0.4) is 0 Å². The van der Waals surface area contributed by atoms with E-state index in [9.17, 15) is 48.6 Å². The molecule has 1 aromatic heterocycles. The predicted octanol–water partition coefficient (Wildman–Crippen LogP) is 3.48. The summed E-state index contributed by atoms with van der Waals surface area (Å²) in [4.78, 5) is 106. The average Bonchev–Trinajstić information content (AvgIpc) is 3.90. The molecular formula is C50H65N7O11. The minimum atomic E-state index is -1.06. The van der Waals surface area contributed by atoms with E-state index in [-0.39, 0.29) is 104 Å². The molecule has 0 radical (unpaired) electrons. The number of rotatable bonds is 16. The van der Waals surface area contributed by atoms with Crippen molar-refractivity contribution < 1.29 is 53.3 Å². The Bertz CT molecular complexity index is 2500. The number of imide groups is 2. The maximum Gasteiger partial charge on any atom is 0.264 e. The van der Waals surface area contributed by atoms with Crippen molar-refractivity contribution >= 4 is 52.6 Å². The van der Waals surface area contributed by atoms with Crippen LogP contribution in [0.1, 0.15) is 133 Å². The number of allylic oxidation sites excluding steroid dienone is 1. The molecule has 2 aromatic rings. The summed E-state index contributed by atoms with van der Waals surface area (Å²) in [6, 6.07) is 3.78. The largest absolute Gasteiger partial charge is 0.392 e. The van der Waals surface area contributed by atoms with E-state index < -0.39 is 69.5 Å². The zero-order chi connectivity index (χ0) is 49.2. The fourth-order valence-electron chi connectivity index (χ4n) is 13.3. The molecule has 18 nitrogen and oxygen atoms in total. The number of aromatic nitrogens is 3. The van der Waals surface area contributed by atoms with Gasteiger partial charge in [0.25, 0.3) is 11.8 Å². The molecular weight excluding hydrogens is 875 g/mol. The highest BCUT2D eigenvalue weighted by Gasteiger charge is 2.70. The van der Waals surface area contributed by atoms with Crippen LogP contribution in [-0.2, 0) is 46.6 Å². The standard InChI is InChI=1S/C50H65N7O11/c1-26(31-21-38(62)50(7)42-34(59)22-36-47(3,4)37(61)13-14-48(36,5)41(42)35(60)23-49(31,50)6)19-29(58)20-27(2)43(64)52-24-28-25-56(55-54-28)16-18-68-17-15-51-32-10-8-9-30-40(32)46(67)57(45(30)66)33-11-12-39(63)53-44(33)65/h8-10,25-27,31,33-34,36,38,51,59,62H,11-24H2,1-7H3,(H,52,64)(H,53,63,65)/t26-,27-,31-,33?,34+,36+,38+,48+,49-,50+/m1/s1. The first-order chi connectivity index (χ1) is 32.0. The van der Waals surface area contributed by atoms with Gasteiger partial charge >= 0.3 is 0 Å². The Kier molecular flexibility index (Phi) is 13.1.